The van der Waals surface area contributed by atoms with Crippen molar-refractivity contribution >= 4 is 0 Å². The summed E-state index contributed by atoms with van der Waals surface area (Å²) >= 11 is 0. The van der Waals surface area contributed by atoms with Crippen molar-refractivity contribution in [3.05, 3.63) is 35.4 Å². The fourth-order valence-electron chi connectivity index (χ4n) is 2.01. The molecule has 0 aromatic heterocycles. The first kappa shape index (κ1) is 15.2. The Morgan fingerprint density at radius 2 is 1.78 bits per heavy atom. The summed E-state index contributed by atoms with van der Waals surface area (Å²) in [5.41, 5.74) is 2.77. The fraction of sp³-hybridized carbons (Fsp3) is 0.625. The molecule has 102 valence electrons. The molecular weight excluding hydrogens is 222 g/mol. The van der Waals surface area contributed by atoms with Gasteiger partial charge in [-0.3, -0.25) is 0 Å². The Morgan fingerprint density at radius 1 is 1.11 bits per heavy atom. The molecule has 0 saturated carbocycles. The highest BCUT2D eigenvalue weighted by atomic mass is 16.5. The molecule has 0 aliphatic heterocycles. The van der Waals surface area contributed by atoms with Crippen molar-refractivity contribution in [1.29, 1.82) is 0 Å². The standard InChI is InChI=1S/C16H27NO/c1-5-14-7-9-15(10-8-14)16(6-2)17-11-12-18-13(3)4/h7-10,13,16-17H,5-6,11-12H2,1-4H3. The number of nitrogens with one attached hydrogen (secondary N) is 1. The van der Waals surface area contributed by atoms with E-state index in [1.165, 1.54) is 11.1 Å². The Bertz CT molecular complexity index is 318. The van der Waals surface area contributed by atoms with E-state index in [4.69, 9.17) is 4.74 Å². The highest BCUT2D eigenvalue weighted by molar-refractivity contribution is 5.24. The number of benzene rings is 1. The van der Waals surface area contributed by atoms with E-state index in [0.29, 0.717) is 12.1 Å². The van der Waals surface area contributed by atoms with Gasteiger partial charge in [0, 0.05) is 12.6 Å². The molecule has 0 aliphatic rings. The third-order valence-electron chi connectivity index (χ3n) is 3.14. The summed E-state index contributed by atoms with van der Waals surface area (Å²) in [6, 6.07) is 9.37. The minimum Gasteiger partial charge on any atom is -0.377 e. The van der Waals surface area contributed by atoms with Crippen molar-refractivity contribution < 1.29 is 4.74 Å². The normalized spacial score (nSPS) is 12.9. The van der Waals surface area contributed by atoms with Crippen molar-refractivity contribution in [2.24, 2.45) is 0 Å². The van der Waals surface area contributed by atoms with Crippen LogP contribution >= 0.6 is 0 Å². The van der Waals surface area contributed by atoms with Gasteiger partial charge in [-0.1, -0.05) is 38.1 Å². The molecule has 1 atom stereocenters. The first-order chi connectivity index (χ1) is 8.67. The van der Waals surface area contributed by atoms with E-state index >= 15 is 0 Å². The molecule has 1 rings (SSSR count). The maximum Gasteiger partial charge on any atom is 0.0594 e. The second-order valence-corrected chi connectivity index (χ2v) is 4.93. The molecule has 0 bridgehead atoms. The minimum atomic E-state index is 0.315. The average Bonchev–Trinajstić information content (AvgIpc) is 2.39. The summed E-state index contributed by atoms with van der Waals surface area (Å²) in [5.74, 6) is 0. The van der Waals surface area contributed by atoms with E-state index in [0.717, 1.165) is 26.0 Å². The lowest BCUT2D eigenvalue weighted by atomic mass is 10.0. The molecule has 0 heterocycles. The smallest absolute Gasteiger partial charge is 0.0594 e. The maximum absolute atomic E-state index is 5.55. The quantitative estimate of drug-likeness (QED) is 0.709. The van der Waals surface area contributed by atoms with Gasteiger partial charge in [0.05, 0.1) is 12.7 Å². The molecule has 0 spiro atoms. The molecule has 1 unspecified atom stereocenters. The van der Waals surface area contributed by atoms with Gasteiger partial charge in [0.25, 0.3) is 0 Å². The van der Waals surface area contributed by atoms with Crippen LogP contribution < -0.4 is 5.32 Å². The van der Waals surface area contributed by atoms with Crippen LogP contribution in [-0.2, 0) is 11.2 Å². The van der Waals surface area contributed by atoms with Crippen LogP contribution in [0.25, 0.3) is 0 Å². The molecule has 1 N–H and O–H groups in total. The molecule has 2 heteroatoms. The van der Waals surface area contributed by atoms with Crippen LogP contribution in [0.2, 0.25) is 0 Å². The molecular formula is C16H27NO. The second-order valence-electron chi connectivity index (χ2n) is 4.93. The molecule has 1 aromatic carbocycles. The lowest BCUT2D eigenvalue weighted by Gasteiger charge is -2.18. The lowest BCUT2D eigenvalue weighted by Crippen LogP contribution is -2.25. The Labute approximate surface area is 112 Å². The molecule has 0 saturated heterocycles. The Balaban J connectivity index is 2.44. The fourth-order valence-corrected chi connectivity index (χ4v) is 2.01. The summed E-state index contributed by atoms with van der Waals surface area (Å²) in [5, 5.41) is 3.55. The van der Waals surface area contributed by atoms with Crippen LogP contribution in [0, 0.1) is 0 Å². The van der Waals surface area contributed by atoms with Crippen molar-refractivity contribution in [1.82, 2.24) is 5.32 Å². The number of hydrogen-bond acceptors (Lipinski definition) is 2. The average molecular weight is 249 g/mol. The van der Waals surface area contributed by atoms with Gasteiger partial charge in [-0.2, -0.15) is 0 Å². The monoisotopic (exact) mass is 249 g/mol. The van der Waals surface area contributed by atoms with E-state index in [2.05, 4.69) is 57.3 Å². The van der Waals surface area contributed by atoms with Gasteiger partial charge < -0.3 is 10.1 Å². The van der Waals surface area contributed by atoms with Crippen LogP contribution in [0.4, 0.5) is 0 Å². The van der Waals surface area contributed by atoms with E-state index in [1.807, 2.05) is 0 Å². The second kappa shape index (κ2) is 8.28. The molecule has 0 fully saturated rings. The minimum absolute atomic E-state index is 0.315. The number of ether oxygens (including phenoxy) is 1. The highest BCUT2D eigenvalue weighted by Gasteiger charge is 2.08. The zero-order valence-corrected chi connectivity index (χ0v) is 12.2. The molecule has 18 heavy (non-hydrogen) atoms. The third kappa shape index (κ3) is 5.19. The molecule has 0 amide bonds. The van der Waals surface area contributed by atoms with Gasteiger partial charge >= 0.3 is 0 Å². The van der Waals surface area contributed by atoms with Crippen LogP contribution in [0.15, 0.2) is 24.3 Å². The summed E-state index contributed by atoms with van der Waals surface area (Å²) in [7, 11) is 0. The summed E-state index contributed by atoms with van der Waals surface area (Å²) < 4.78 is 5.55. The number of hydrogen-bond donors (Lipinski definition) is 1. The van der Waals surface area contributed by atoms with E-state index in [1.54, 1.807) is 0 Å². The predicted molar refractivity (Wildman–Crippen MR) is 77.9 cm³/mol. The van der Waals surface area contributed by atoms with E-state index in [9.17, 15) is 0 Å². The van der Waals surface area contributed by atoms with Gasteiger partial charge in [0.15, 0.2) is 0 Å². The first-order valence-electron chi connectivity index (χ1n) is 7.11. The zero-order chi connectivity index (χ0) is 13.4. The van der Waals surface area contributed by atoms with Crippen LogP contribution in [0.5, 0.6) is 0 Å². The number of aryl methyl sites for hydroxylation is 1. The van der Waals surface area contributed by atoms with Crippen molar-refractivity contribution in [3.8, 4) is 0 Å². The summed E-state index contributed by atoms with van der Waals surface area (Å²) in [6.07, 6.45) is 2.52. The Morgan fingerprint density at radius 3 is 2.28 bits per heavy atom. The van der Waals surface area contributed by atoms with Gasteiger partial charge in [0.1, 0.15) is 0 Å². The van der Waals surface area contributed by atoms with Gasteiger partial charge in [-0.05, 0) is 37.8 Å². The predicted octanol–water partition coefficient (Wildman–Crippen LogP) is 3.71. The molecule has 0 aliphatic carbocycles. The first-order valence-corrected chi connectivity index (χ1v) is 7.11. The van der Waals surface area contributed by atoms with Crippen LogP contribution in [-0.4, -0.2) is 19.3 Å². The van der Waals surface area contributed by atoms with Crippen molar-refractivity contribution in [2.45, 2.75) is 52.7 Å². The van der Waals surface area contributed by atoms with Gasteiger partial charge in [-0.25, -0.2) is 0 Å². The molecule has 1 aromatic rings. The van der Waals surface area contributed by atoms with Gasteiger partial charge in [0.2, 0.25) is 0 Å². The van der Waals surface area contributed by atoms with Gasteiger partial charge in [-0.15, -0.1) is 0 Å². The van der Waals surface area contributed by atoms with E-state index < -0.39 is 0 Å². The summed E-state index contributed by atoms with van der Waals surface area (Å²) in [4.78, 5) is 0. The largest absolute Gasteiger partial charge is 0.377 e. The SMILES string of the molecule is CCc1ccc(C(CC)NCCOC(C)C)cc1. The third-order valence-corrected chi connectivity index (χ3v) is 3.14. The van der Waals surface area contributed by atoms with Crippen LogP contribution in [0.1, 0.15) is 51.3 Å². The maximum atomic E-state index is 5.55. The van der Waals surface area contributed by atoms with Crippen molar-refractivity contribution in [2.75, 3.05) is 13.2 Å². The zero-order valence-electron chi connectivity index (χ0n) is 12.2. The summed E-state index contributed by atoms with van der Waals surface area (Å²) in [6.45, 7) is 10.2. The highest BCUT2D eigenvalue weighted by Crippen LogP contribution is 2.17. The number of rotatable bonds is 8. The topological polar surface area (TPSA) is 21.3 Å². The Hall–Kier alpha value is -0.860. The molecule has 0 radical (unpaired) electrons. The van der Waals surface area contributed by atoms with Crippen molar-refractivity contribution in [3.63, 3.8) is 0 Å². The molecule has 2 nitrogen and oxygen atoms in total. The Kier molecular flexibility index (Phi) is 6.99. The lowest BCUT2D eigenvalue weighted by molar-refractivity contribution is 0.0792. The van der Waals surface area contributed by atoms with E-state index in [-0.39, 0.29) is 0 Å². The van der Waals surface area contributed by atoms with Crippen LogP contribution in [0.3, 0.4) is 0 Å².